The Labute approximate surface area is 154 Å². The van der Waals surface area contributed by atoms with Crippen LogP contribution in [0.4, 0.5) is 5.82 Å². The molecule has 130 valence electrons. The first-order chi connectivity index (χ1) is 12.5. The van der Waals surface area contributed by atoms with Crippen LogP contribution >= 0.6 is 11.6 Å². The lowest BCUT2D eigenvalue weighted by Gasteiger charge is -2.06. The van der Waals surface area contributed by atoms with Gasteiger partial charge in [-0.25, -0.2) is 14.6 Å². The summed E-state index contributed by atoms with van der Waals surface area (Å²) in [5.74, 6) is 0.330. The lowest BCUT2D eigenvalue weighted by atomic mass is 10.1. The standard InChI is InChI=1S/C19H16ClN5O/c1-11-4-2-3-5-13(11)9-25-19-16(18(21)22-10-23-19)17(24-25)12-6-7-14(20)15(26)8-12/h2-8,10,26H,9H2,1H3,(H2,21,22,23). The van der Waals surface area contributed by atoms with Gasteiger partial charge in [0.1, 0.15) is 23.6 Å². The number of nitrogen functional groups attached to an aromatic ring is 1. The summed E-state index contributed by atoms with van der Waals surface area (Å²) in [4.78, 5) is 8.47. The van der Waals surface area contributed by atoms with Crippen molar-refractivity contribution in [3.8, 4) is 17.0 Å². The largest absolute Gasteiger partial charge is 0.506 e. The number of nitrogens with two attached hydrogens (primary N) is 1. The molecule has 0 saturated heterocycles. The number of anilines is 1. The van der Waals surface area contributed by atoms with E-state index in [1.807, 2.05) is 12.1 Å². The first-order valence-electron chi connectivity index (χ1n) is 8.05. The molecule has 0 aliphatic rings. The van der Waals surface area contributed by atoms with E-state index in [-0.39, 0.29) is 10.8 Å². The Kier molecular flexibility index (Phi) is 3.97. The van der Waals surface area contributed by atoms with E-state index in [2.05, 4.69) is 29.0 Å². The molecule has 0 radical (unpaired) electrons. The van der Waals surface area contributed by atoms with E-state index in [1.165, 1.54) is 11.9 Å². The molecule has 6 nitrogen and oxygen atoms in total. The lowest BCUT2D eigenvalue weighted by Crippen LogP contribution is -2.04. The van der Waals surface area contributed by atoms with E-state index >= 15 is 0 Å². The third-order valence-electron chi connectivity index (χ3n) is 4.36. The number of nitrogens with zero attached hydrogens (tertiary/aromatic N) is 4. The summed E-state index contributed by atoms with van der Waals surface area (Å²) in [5, 5.41) is 15.6. The minimum atomic E-state index is -0.0128. The SMILES string of the molecule is Cc1ccccc1Cn1nc(-c2ccc(Cl)c(O)c2)c2c(N)ncnc21. The fourth-order valence-corrected chi connectivity index (χ4v) is 3.07. The minimum Gasteiger partial charge on any atom is -0.506 e. The van der Waals surface area contributed by atoms with Crippen LogP contribution in [0.2, 0.25) is 5.02 Å². The summed E-state index contributed by atoms with van der Waals surface area (Å²) >= 11 is 5.92. The number of aromatic hydroxyl groups is 1. The molecule has 2 aromatic heterocycles. The van der Waals surface area contributed by atoms with Crippen molar-refractivity contribution in [1.29, 1.82) is 0 Å². The van der Waals surface area contributed by atoms with Gasteiger partial charge >= 0.3 is 0 Å². The van der Waals surface area contributed by atoms with E-state index in [0.29, 0.717) is 34.7 Å². The predicted molar refractivity (Wildman–Crippen MR) is 102 cm³/mol. The van der Waals surface area contributed by atoms with E-state index in [0.717, 1.165) is 5.56 Å². The molecular weight excluding hydrogens is 350 g/mol. The minimum absolute atomic E-state index is 0.0128. The fraction of sp³-hybridized carbons (Fsp3) is 0.105. The van der Waals surface area contributed by atoms with Crippen LogP contribution in [-0.4, -0.2) is 24.9 Å². The van der Waals surface area contributed by atoms with Crippen molar-refractivity contribution < 1.29 is 5.11 Å². The normalized spacial score (nSPS) is 11.2. The number of fused-ring (bicyclic) bond motifs is 1. The van der Waals surface area contributed by atoms with Crippen LogP contribution in [0.5, 0.6) is 5.75 Å². The fourth-order valence-electron chi connectivity index (χ4n) is 2.95. The van der Waals surface area contributed by atoms with Gasteiger partial charge in [0, 0.05) is 5.56 Å². The highest BCUT2D eigenvalue weighted by molar-refractivity contribution is 6.32. The molecule has 26 heavy (non-hydrogen) atoms. The van der Waals surface area contributed by atoms with E-state index < -0.39 is 0 Å². The molecule has 2 aromatic carbocycles. The van der Waals surface area contributed by atoms with Crippen molar-refractivity contribution in [3.63, 3.8) is 0 Å². The molecule has 0 fully saturated rings. The summed E-state index contributed by atoms with van der Waals surface area (Å²) in [6.07, 6.45) is 1.43. The smallest absolute Gasteiger partial charge is 0.164 e. The summed E-state index contributed by atoms with van der Waals surface area (Å²) in [6.45, 7) is 2.61. The number of phenols is 1. The molecule has 0 atom stereocenters. The second kappa shape index (κ2) is 6.31. The van der Waals surface area contributed by atoms with Crippen molar-refractivity contribution in [1.82, 2.24) is 19.7 Å². The third kappa shape index (κ3) is 2.74. The Balaban J connectivity index is 1.91. The maximum absolute atomic E-state index is 9.95. The number of hydrogen-bond donors (Lipinski definition) is 2. The van der Waals surface area contributed by atoms with Crippen molar-refractivity contribution >= 4 is 28.5 Å². The van der Waals surface area contributed by atoms with E-state index in [1.54, 1.807) is 22.9 Å². The first-order valence-corrected chi connectivity index (χ1v) is 8.43. The van der Waals surface area contributed by atoms with Gasteiger partial charge < -0.3 is 10.8 Å². The van der Waals surface area contributed by atoms with E-state index in [9.17, 15) is 5.11 Å². The molecule has 0 aliphatic heterocycles. The van der Waals surface area contributed by atoms with Gasteiger partial charge in [-0.1, -0.05) is 41.9 Å². The highest BCUT2D eigenvalue weighted by Crippen LogP contribution is 2.34. The summed E-state index contributed by atoms with van der Waals surface area (Å²) in [5.41, 5.74) is 10.4. The monoisotopic (exact) mass is 365 g/mol. The molecule has 3 N–H and O–H groups in total. The van der Waals surface area contributed by atoms with Gasteiger partial charge in [0.25, 0.3) is 0 Å². The van der Waals surface area contributed by atoms with Crippen LogP contribution in [0.15, 0.2) is 48.8 Å². The van der Waals surface area contributed by atoms with Gasteiger partial charge in [-0.3, -0.25) is 0 Å². The maximum atomic E-state index is 9.95. The van der Waals surface area contributed by atoms with E-state index in [4.69, 9.17) is 22.4 Å². The predicted octanol–water partition coefficient (Wildman–Crippen LogP) is 3.79. The molecule has 4 rings (SSSR count). The number of phenolic OH excluding ortho intramolecular Hbond substituents is 1. The second-order valence-corrected chi connectivity index (χ2v) is 6.46. The molecule has 0 amide bonds. The molecule has 7 heteroatoms. The number of aryl methyl sites for hydroxylation is 1. The van der Waals surface area contributed by atoms with Gasteiger partial charge in [0.15, 0.2) is 5.65 Å². The Bertz CT molecular complexity index is 1120. The first kappa shape index (κ1) is 16.4. The highest BCUT2D eigenvalue weighted by Gasteiger charge is 2.18. The maximum Gasteiger partial charge on any atom is 0.164 e. The molecule has 4 aromatic rings. The van der Waals surface area contributed by atoms with Crippen molar-refractivity contribution in [2.45, 2.75) is 13.5 Å². The molecule has 0 unspecified atom stereocenters. The lowest BCUT2D eigenvalue weighted by molar-refractivity contribution is 0.476. The average molecular weight is 366 g/mol. The molecule has 0 spiro atoms. The van der Waals surface area contributed by atoms with Gasteiger partial charge in [0.05, 0.1) is 17.0 Å². The number of aromatic nitrogens is 4. The van der Waals surface area contributed by atoms with Gasteiger partial charge in [0.2, 0.25) is 0 Å². The Morgan fingerprint density at radius 1 is 1.15 bits per heavy atom. The van der Waals surface area contributed by atoms with Crippen LogP contribution in [0.1, 0.15) is 11.1 Å². The van der Waals surface area contributed by atoms with Crippen LogP contribution in [0.3, 0.4) is 0 Å². The highest BCUT2D eigenvalue weighted by atomic mass is 35.5. The Morgan fingerprint density at radius 3 is 2.73 bits per heavy atom. The topological polar surface area (TPSA) is 89.8 Å². The van der Waals surface area contributed by atoms with Crippen LogP contribution in [0.25, 0.3) is 22.3 Å². The van der Waals surface area contributed by atoms with Crippen molar-refractivity contribution in [2.75, 3.05) is 5.73 Å². The molecule has 0 aliphatic carbocycles. The third-order valence-corrected chi connectivity index (χ3v) is 4.68. The van der Waals surface area contributed by atoms with Gasteiger partial charge in [-0.15, -0.1) is 0 Å². The number of rotatable bonds is 3. The summed E-state index contributed by atoms with van der Waals surface area (Å²) in [6, 6.07) is 13.1. The second-order valence-electron chi connectivity index (χ2n) is 6.06. The molecular formula is C19H16ClN5O. The summed E-state index contributed by atoms with van der Waals surface area (Å²) < 4.78 is 1.80. The zero-order valence-corrected chi connectivity index (χ0v) is 14.8. The average Bonchev–Trinajstić information content (AvgIpc) is 2.99. The van der Waals surface area contributed by atoms with Crippen LogP contribution in [-0.2, 0) is 6.54 Å². The number of hydrogen-bond acceptors (Lipinski definition) is 5. The quantitative estimate of drug-likeness (QED) is 0.576. The zero-order valence-electron chi connectivity index (χ0n) is 14.0. The van der Waals surface area contributed by atoms with Crippen molar-refractivity contribution in [2.24, 2.45) is 0 Å². The Hall–Kier alpha value is -3.12. The van der Waals surface area contributed by atoms with Crippen molar-refractivity contribution in [3.05, 3.63) is 64.9 Å². The van der Waals surface area contributed by atoms with Gasteiger partial charge in [-0.2, -0.15) is 5.10 Å². The van der Waals surface area contributed by atoms with Crippen LogP contribution < -0.4 is 5.73 Å². The zero-order chi connectivity index (χ0) is 18.3. The van der Waals surface area contributed by atoms with Crippen LogP contribution in [0, 0.1) is 6.92 Å². The molecule has 0 saturated carbocycles. The molecule has 0 bridgehead atoms. The number of benzene rings is 2. The Morgan fingerprint density at radius 2 is 1.96 bits per heavy atom. The molecule has 2 heterocycles. The number of halogens is 1. The summed E-state index contributed by atoms with van der Waals surface area (Å²) in [7, 11) is 0. The van der Waals surface area contributed by atoms with Gasteiger partial charge in [-0.05, 0) is 30.2 Å².